The van der Waals surface area contributed by atoms with E-state index >= 15 is 0 Å². The van der Waals surface area contributed by atoms with E-state index in [2.05, 4.69) is 0 Å². The van der Waals surface area contributed by atoms with Crippen LogP contribution in [0.4, 0.5) is 0 Å². The van der Waals surface area contributed by atoms with E-state index in [1.807, 2.05) is 35.7 Å². The van der Waals surface area contributed by atoms with Crippen LogP contribution in [0.3, 0.4) is 0 Å². The van der Waals surface area contributed by atoms with E-state index in [4.69, 9.17) is 11.6 Å². The van der Waals surface area contributed by atoms with E-state index in [1.54, 1.807) is 17.0 Å². The molecule has 1 aliphatic rings. The predicted molar refractivity (Wildman–Crippen MR) is 103 cm³/mol. The summed E-state index contributed by atoms with van der Waals surface area (Å²) >= 11 is 7.53. The predicted octanol–water partition coefficient (Wildman–Crippen LogP) is 3.80. The Morgan fingerprint density at radius 2 is 2.00 bits per heavy atom. The molecule has 0 N–H and O–H groups in total. The van der Waals surface area contributed by atoms with Crippen LogP contribution >= 0.6 is 22.9 Å². The van der Waals surface area contributed by atoms with E-state index in [-0.39, 0.29) is 18.2 Å². The van der Waals surface area contributed by atoms with Gasteiger partial charge in [0, 0.05) is 29.1 Å². The third kappa shape index (κ3) is 4.32. The summed E-state index contributed by atoms with van der Waals surface area (Å²) in [6.45, 7) is 0.642. The molecular formula is C18H18ClNO3S2. The van der Waals surface area contributed by atoms with Crippen LogP contribution in [0.1, 0.15) is 22.1 Å². The second-order valence-electron chi connectivity index (χ2n) is 5.84. The van der Waals surface area contributed by atoms with Crippen LogP contribution in [-0.4, -0.2) is 38.1 Å². The van der Waals surface area contributed by atoms with Crippen LogP contribution in [0.5, 0.6) is 0 Å². The molecule has 1 atom stereocenters. The summed E-state index contributed by atoms with van der Waals surface area (Å²) < 4.78 is 25.1. The number of thiophene rings is 1. The number of benzene rings is 1. The van der Waals surface area contributed by atoms with E-state index in [1.165, 1.54) is 17.4 Å². The van der Waals surface area contributed by atoms with E-state index in [0.29, 0.717) is 18.0 Å². The molecule has 4 nitrogen and oxygen atoms in total. The number of rotatable bonds is 3. The van der Waals surface area contributed by atoms with Crippen molar-refractivity contribution in [2.75, 3.05) is 18.8 Å². The quantitative estimate of drug-likeness (QED) is 0.742. The molecule has 1 amide bonds. The summed E-state index contributed by atoms with van der Waals surface area (Å²) in [5.74, 6) is -0.205. The third-order valence-corrected chi connectivity index (χ3v) is 7.81. The van der Waals surface area contributed by atoms with E-state index in [0.717, 1.165) is 10.4 Å². The highest BCUT2D eigenvalue weighted by Gasteiger charge is 2.32. The molecule has 0 radical (unpaired) electrons. The average molecular weight is 396 g/mol. The standard InChI is InChI=1S/C18H18ClNO3S2/c19-15-5-2-1-4-14(15)7-8-18(21)20-10-9-17(16-6-3-12-24-16)25(22,23)13-11-20/h1-8,12,17H,9-11,13H2/b8-7+. The fraction of sp³-hybridized carbons (Fsp3) is 0.278. The van der Waals surface area contributed by atoms with Gasteiger partial charge in [-0.2, -0.15) is 0 Å². The number of hydrogen-bond acceptors (Lipinski definition) is 4. The zero-order valence-electron chi connectivity index (χ0n) is 13.5. The lowest BCUT2D eigenvalue weighted by molar-refractivity contribution is -0.125. The monoisotopic (exact) mass is 395 g/mol. The largest absolute Gasteiger partial charge is 0.338 e. The Labute approximate surface area is 156 Å². The second-order valence-corrected chi connectivity index (χ2v) is 9.53. The molecule has 0 bridgehead atoms. The van der Waals surface area contributed by atoms with Gasteiger partial charge in [-0.05, 0) is 35.6 Å². The summed E-state index contributed by atoms with van der Waals surface area (Å²) in [5, 5.41) is 1.94. The van der Waals surface area contributed by atoms with E-state index < -0.39 is 15.1 Å². The van der Waals surface area contributed by atoms with Crippen molar-refractivity contribution in [2.45, 2.75) is 11.7 Å². The van der Waals surface area contributed by atoms with Gasteiger partial charge >= 0.3 is 0 Å². The first-order chi connectivity index (χ1) is 12.0. The van der Waals surface area contributed by atoms with Gasteiger partial charge in [0.15, 0.2) is 9.84 Å². The van der Waals surface area contributed by atoms with Crippen molar-refractivity contribution in [3.63, 3.8) is 0 Å². The van der Waals surface area contributed by atoms with E-state index in [9.17, 15) is 13.2 Å². The minimum atomic E-state index is -3.25. The maximum atomic E-state index is 12.5. The molecule has 132 valence electrons. The van der Waals surface area contributed by atoms with Crippen molar-refractivity contribution in [1.82, 2.24) is 4.90 Å². The number of hydrogen-bond donors (Lipinski definition) is 0. The molecule has 1 saturated heterocycles. The number of carbonyl (C=O) groups is 1. The van der Waals surface area contributed by atoms with Crippen LogP contribution in [0.25, 0.3) is 6.08 Å². The van der Waals surface area contributed by atoms with Gasteiger partial charge in [-0.25, -0.2) is 8.42 Å². The molecule has 3 rings (SSSR count). The van der Waals surface area contributed by atoms with Crippen molar-refractivity contribution in [1.29, 1.82) is 0 Å². The van der Waals surface area contributed by atoms with Crippen molar-refractivity contribution in [3.05, 3.63) is 63.3 Å². The Hall–Kier alpha value is -1.63. The van der Waals surface area contributed by atoms with Crippen LogP contribution in [-0.2, 0) is 14.6 Å². The first-order valence-corrected chi connectivity index (χ1v) is 10.9. The van der Waals surface area contributed by atoms with Crippen LogP contribution < -0.4 is 0 Å². The number of sulfone groups is 1. The van der Waals surface area contributed by atoms with Crippen LogP contribution in [0, 0.1) is 0 Å². The maximum Gasteiger partial charge on any atom is 0.246 e. The lowest BCUT2D eigenvalue weighted by atomic mass is 10.2. The normalized spacial score (nSPS) is 20.5. The van der Waals surface area contributed by atoms with Gasteiger partial charge in [0.05, 0.1) is 11.0 Å². The number of carbonyl (C=O) groups excluding carboxylic acids is 1. The lowest BCUT2D eigenvalue weighted by Crippen LogP contribution is -2.32. The minimum absolute atomic E-state index is 0.0127. The number of amides is 1. The lowest BCUT2D eigenvalue weighted by Gasteiger charge is -2.17. The smallest absolute Gasteiger partial charge is 0.246 e. The Kier molecular flexibility index (Phi) is 5.61. The van der Waals surface area contributed by atoms with Gasteiger partial charge in [-0.15, -0.1) is 11.3 Å². The molecule has 1 aromatic heterocycles. The first kappa shape index (κ1) is 18.2. The van der Waals surface area contributed by atoms with Crippen molar-refractivity contribution < 1.29 is 13.2 Å². The summed E-state index contributed by atoms with van der Waals surface area (Å²) in [6.07, 6.45) is 3.55. The molecule has 1 aliphatic heterocycles. The Morgan fingerprint density at radius 1 is 1.20 bits per heavy atom. The van der Waals surface area contributed by atoms with Crippen molar-refractivity contribution in [3.8, 4) is 0 Å². The van der Waals surface area contributed by atoms with Gasteiger partial charge in [-0.1, -0.05) is 35.9 Å². The zero-order chi connectivity index (χ0) is 17.9. The fourth-order valence-electron chi connectivity index (χ4n) is 2.83. The Morgan fingerprint density at radius 3 is 2.72 bits per heavy atom. The molecule has 2 aromatic rings. The van der Waals surface area contributed by atoms with Crippen LogP contribution in [0.2, 0.25) is 5.02 Å². The van der Waals surface area contributed by atoms with Crippen molar-refractivity contribution in [2.24, 2.45) is 0 Å². The molecule has 1 unspecified atom stereocenters. The second kappa shape index (κ2) is 7.72. The molecule has 2 heterocycles. The molecule has 1 aromatic carbocycles. The molecule has 1 fully saturated rings. The summed E-state index contributed by atoms with van der Waals surface area (Å²) in [5.41, 5.74) is 0.761. The third-order valence-electron chi connectivity index (χ3n) is 4.22. The molecule has 0 saturated carbocycles. The summed E-state index contributed by atoms with van der Waals surface area (Å²) in [7, 11) is -3.25. The van der Waals surface area contributed by atoms with Gasteiger partial charge in [-0.3, -0.25) is 4.79 Å². The molecule has 0 spiro atoms. The summed E-state index contributed by atoms with van der Waals surface area (Å²) in [4.78, 5) is 14.9. The Bertz CT molecular complexity index is 875. The first-order valence-electron chi connectivity index (χ1n) is 7.94. The fourth-order valence-corrected chi connectivity index (χ4v) is 6.04. The highest BCUT2D eigenvalue weighted by molar-refractivity contribution is 7.91. The van der Waals surface area contributed by atoms with Crippen LogP contribution in [0.15, 0.2) is 47.9 Å². The highest BCUT2D eigenvalue weighted by atomic mass is 35.5. The summed E-state index contributed by atoms with van der Waals surface area (Å²) in [6, 6.07) is 11.0. The zero-order valence-corrected chi connectivity index (χ0v) is 15.9. The van der Waals surface area contributed by atoms with Gasteiger partial charge in [0.1, 0.15) is 0 Å². The maximum absolute atomic E-state index is 12.5. The number of halogens is 1. The van der Waals surface area contributed by atoms with Gasteiger partial charge in [0.25, 0.3) is 0 Å². The molecule has 25 heavy (non-hydrogen) atoms. The molecule has 7 heteroatoms. The highest BCUT2D eigenvalue weighted by Crippen LogP contribution is 2.32. The Balaban J connectivity index is 1.72. The van der Waals surface area contributed by atoms with Gasteiger partial charge in [0.2, 0.25) is 5.91 Å². The molecular weight excluding hydrogens is 378 g/mol. The average Bonchev–Trinajstić information content (AvgIpc) is 3.05. The minimum Gasteiger partial charge on any atom is -0.338 e. The van der Waals surface area contributed by atoms with Gasteiger partial charge < -0.3 is 4.90 Å². The number of nitrogens with zero attached hydrogens (tertiary/aromatic N) is 1. The topological polar surface area (TPSA) is 54.5 Å². The SMILES string of the molecule is O=C(/C=C/c1ccccc1Cl)N1CCC(c2cccs2)S(=O)(=O)CC1. The molecule has 0 aliphatic carbocycles. The van der Waals surface area contributed by atoms with Crippen molar-refractivity contribution >= 4 is 44.8 Å².